The van der Waals surface area contributed by atoms with Gasteiger partial charge in [-0.3, -0.25) is 0 Å². The van der Waals surface area contributed by atoms with Crippen molar-refractivity contribution in [1.82, 2.24) is 4.98 Å². The fourth-order valence-electron chi connectivity index (χ4n) is 1.83. The van der Waals surface area contributed by atoms with Crippen LogP contribution < -0.4 is 16.2 Å². The van der Waals surface area contributed by atoms with Crippen LogP contribution in [0.2, 0.25) is 0 Å². The van der Waals surface area contributed by atoms with E-state index in [1.165, 1.54) is 5.56 Å². The highest BCUT2D eigenvalue weighted by Crippen LogP contribution is 2.26. The summed E-state index contributed by atoms with van der Waals surface area (Å²) in [6.45, 7) is 2.41. The maximum absolute atomic E-state index is 5.95. The first-order chi connectivity index (χ1) is 8.15. The fourth-order valence-corrected chi connectivity index (χ4v) is 1.83. The van der Waals surface area contributed by atoms with Crippen LogP contribution in [0.5, 0.6) is 5.88 Å². The largest absolute Gasteiger partial charge is 0.481 e. The lowest BCUT2D eigenvalue weighted by molar-refractivity contribution is 0.390. The number of nitrogens with zero attached hydrogens (tertiary/aromatic N) is 1. The van der Waals surface area contributed by atoms with Gasteiger partial charge >= 0.3 is 0 Å². The zero-order chi connectivity index (χ0) is 12.4. The number of fused-ring (bicyclic) bond motifs is 1. The van der Waals surface area contributed by atoms with Gasteiger partial charge in [0, 0.05) is 23.5 Å². The third kappa shape index (κ3) is 2.23. The molecule has 0 saturated carbocycles. The summed E-state index contributed by atoms with van der Waals surface area (Å²) in [5, 5.41) is 1.05. The highest BCUT2D eigenvalue weighted by atomic mass is 16.5. The van der Waals surface area contributed by atoms with Crippen molar-refractivity contribution in [3.05, 3.63) is 35.4 Å². The molecule has 2 rings (SSSR count). The normalized spacial score (nSPS) is 12.7. The lowest BCUT2D eigenvalue weighted by Gasteiger charge is -2.14. The average molecular weight is 231 g/mol. The Hall–Kier alpha value is -1.65. The summed E-state index contributed by atoms with van der Waals surface area (Å²) in [5.74, 6) is 0.557. The van der Waals surface area contributed by atoms with E-state index >= 15 is 0 Å². The lowest BCUT2D eigenvalue weighted by atomic mass is 10.1. The predicted octanol–water partition coefficient (Wildman–Crippen LogP) is 1.51. The maximum Gasteiger partial charge on any atom is 0.218 e. The number of aryl methyl sites for hydroxylation is 1. The smallest absolute Gasteiger partial charge is 0.218 e. The molecule has 1 atom stereocenters. The molecular weight excluding hydrogens is 214 g/mol. The van der Waals surface area contributed by atoms with Crippen LogP contribution in [-0.2, 0) is 0 Å². The van der Waals surface area contributed by atoms with Gasteiger partial charge < -0.3 is 16.2 Å². The summed E-state index contributed by atoms with van der Waals surface area (Å²) in [5.41, 5.74) is 14.5. The second-order valence-corrected chi connectivity index (χ2v) is 4.13. The van der Waals surface area contributed by atoms with Gasteiger partial charge in [0.25, 0.3) is 0 Å². The molecule has 0 bridgehead atoms. The number of nitrogens with two attached hydrogens (primary N) is 2. The second kappa shape index (κ2) is 4.69. The number of methoxy groups -OCH3 is 1. The van der Waals surface area contributed by atoms with Crippen molar-refractivity contribution in [2.75, 3.05) is 13.7 Å². The first-order valence-corrected chi connectivity index (χ1v) is 5.56. The lowest BCUT2D eigenvalue weighted by Crippen LogP contribution is -2.21. The minimum Gasteiger partial charge on any atom is -0.481 e. The zero-order valence-corrected chi connectivity index (χ0v) is 10.1. The Balaban J connectivity index is 2.64. The van der Waals surface area contributed by atoms with Gasteiger partial charge in [-0.2, -0.15) is 0 Å². The molecular formula is C13H17N3O. The predicted molar refractivity (Wildman–Crippen MR) is 69.0 cm³/mol. The topological polar surface area (TPSA) is 74.2 Å². The Morgan fingerprint density at radius 2 is 2.12 bits per heavy atom. The standard InChI is InChI=1S/C13H17N3O/c1-8-3-4-9-6-10(11(15)7-14)13(17-2)16-12(9)5-8/h3-6,11H,7,14-15H2,1-2H3. The van der Waals surface area contributed by atoms with Crippen molar-refractivity contribution < 1.29 is 4.74 Å². The summed E-state index contributed by atoms with van der Waals surface area (Å²) < 4.78 is 5.27. The van der Waals surface area contributed by atoms with Gasteiger partial charge in [-0.15, -0.1) is 0 Å². The number of hydrogen-bond acceptors (Lipinski definition) is 4. The number of pyridine rings is 1. The Bertz CT molecular complexity index is 539. The highest BCUT2D eigenvalue weighted by molar-refractivity contribution is 5.81. The van der Waals surface area contributed by atoms with E-state index in [0.717, 1.165) is 16.5 Å². The van der Waals surface area contributed by atoms with Crippen LogP contribution in [0.4, 0.5) is 0 Å². The molecule has 17 heavy (non-hydrogen) atoms. The highest BCUT2D eigenvalue weighted by Gasteiger charge is 2.13. The number of rotatable bonds is 3. The third-order valence-corrected chi connectivity index (χ3v) is 2.81. The van der Waals surface area contributed by atoms with Crippen LogP contribution >= 0.6 is 0 Å². The van der Waals surface area contributed by atoms with Crippen LogP contribution in [-0.4, -0.2) is 18.6 Å². The van der Waals surface area contributed by atoms with Crippen LogP contribution in [0.3, 0.4) is 0 Å². The molecule has 0 aliphatic heterocycles. The molecule has 0 saturated heterocycles. The molecule has 0 spiro atoms. The number of ether oxygens (including phenoxy) is 1. The zero-order valence-electron chi connectivity index (χ0n) is 10.1. The monoisotopic (exact) mass is 231 g/mol. The Morgan fingerprint density at radius 3 is 2.76 bits per heavy atom. The first kappa shape index (κ1) is 11.8. The van der Waals surface area contributed by atoms with Crippen molar-refractivity contribution in [2.45, 2.75) is 13.0 Å². The van der Waals surface area contributed by atoms with Crippen molar-refractivity contribution in [3.63, 3.8) is 0 Å². The average Bonchev–Trinajstić information content (AvgIpc) is 2.36. The van der Waals surface area contributed by atoms with E-state index < -0.39 is 0 Å². The summed E-state index contributed by atoms with van der Waals surface area (Å²) >= 11 is 0. The summed E-state index contributed by atoms with van der Waals surface area (Å²) in [4.78, 5) is 4.47. The van der Waals surface area contributed by atoms with E-state index in [1.807, 2.05) is 31.2 Å². The van der Waals surface area contributed by atoms with E-state index in [1.54, 1.807) is 7.11 Å². The second-order valence-electron chi connectivity index (χ2n) is 4.13. The van der Waals surface area contributed by atoms with Gasteiger partial charge in [0.15, 0.2) is 0 Å². The summed E-state index contributed by atoms with van der Waals surface area (Å²) in [6, 6.07) is 7.86. The van der Waals surface area contributed by atoms with Crippen LogP contribution in [0.25, 0.3) is 10.9 Å². The number of hydrogen-bond donors (Lipinski definition) is 2. The van der Waals surface area contributed by atoms with Crippen LogP contribution in [0, 0.1) is 6.92 Å². The van der Waals surface area contributed by atoms with Crippen LogP contribution in [0.1, 0.15) is 17.2 Å². The molecule has 4 N–H and O–H groups in total. The SMILES string of the molecule is COc1nc2cc(C)ccc2cc1C(N)CN. The van der Waals surface area contributed by atoms with E-state index in [-0.39, 0.29) is 6.04 Å². The van der Waals surface area contributed by atoms with Crippen molar-refractivity contribution >= 4 is 10.9 Å². The van der Waals surface area contributed by atoms with Gasteiger partial charge in [0.05, 0.1) is 12.6 Å². The van der Waals surface area contributed by atoms with Crippen LogP contribution in [0.15, 0.2) is 24.3 Å². The van der Waals surface area contributed by atoms with E-state index in [9.17, 15) is 0 Å². The molecule has 0 aliphatic rings. The van der Waals surface area contributed by atoms with Gasteiger partial charge in [-0.25, -0.2) is 4.98 Å². The molecule has 2 aromatic rings. The number of aromatic nitrogens is 1. The van der Waals surface area contributed by atoms with Gasteiger partial charge in [0.1, 0.15) is 0 Å². The summed E-state index contributed by atoms with van der Waals surface area (Å²) in [6.07, 6.45) is 0. The Labute approximate surface area is 101 Å². The first-order valence-electron chi connectivity index (χ1n) is 5.56. The van der Waals surface area contributed by atoms with Gasteiger partial charge in [-0.05, 0) is 24.6 Å². The molecule has 1 heterocycles. The maximum atomic E-state index is 5.95. The van der Waals surface area contributed by atoms with E-state index in [2.05, 4.69) is 4.98 Å². The third-order valence-electron chi connectivity index (χ3n) is 2.81. The summed E-state index contributed by atoms with van der Waals surface area (Å²) in [7, 11) is 1.59. The Morgan fingerprint density at radius 1 is 1.35 bits per heavy atom. The molecule has 1 unspecified atom stereocenters. The Kier molecular flexibility index (Phi) is 3.26. The molecule has 0 fully saturated rings. The number of benzene rings is 1. The van der Waals surface area contributed by atoms with Crippen molar-refractivity contribution in [2.24, 2.45) is 11.5 Å². The molecule has 90 valence electrons. The van der Waals surface area contributed by atoms with Crippen molar-refractivity contribution in [3.8, 4) is 5.88 Å². The minimum atomic E-state index is -0.247. The van der Waals surface area contributed by atoms with Crippen molar-refractivity contribution in [1.29, 1.82) is 0 Å². The van der Waals surface area contributed by atoms with Gasteiger partial charge in [-0.1, -0.05) is 12.1 Å². The van der Waals surface area contributed by atoms with Gasteiger partial charge in [0.2, 0.25) is 5.88 Å². The molecule has 4 nitrogen and oxygen atoms in total. The quantitative estimate of drug-likeness (QED) is 0.839. The van der Waals surface area contributed by atoms with E-state index in [0.29, 0.717) is 12.4 Å². The minimum absolute atomic E-state index is 0.247. The fraction of sp³-hybridized carbons (Fsp3) is 0.308. The molecule has 0 aliphatic carbocycles. The molecule has 1 aromatic carbocycles. The molecule has 4 heteroatoms. The van der Waals surface area contributed by atoms with E-state index in [4.69, 9.17) is 16.2 Å². The molecule has 1 aromatic heterocycles. The molecule has 0 radical (unpaired) electrons. The molecule has 0 amide bonds.